The largest absolute Gasteiger partial charge is 0.488 e. The molecule has 0 amide bonds. The molecule has 69 valence electrons. The monoisotopic (exact) mass is 239 g/mol. The maximum absolute atomic E-state index is 5.82. The van der Waals surface area contributed by atoms with Crippen LogP contribution in [-0.2, 0) is 0 Å². The summed E-state index contributed by atoms with van der Waals surface area (Å²) in [6, 6.07) is 6.11. The molecular weight excluding hydrogens is 228 g/mol. The van der Waals surface area contributed by atoms with Crippen LogP contribution in [0.2, 0.25) is 0 Å². The molecule has 2 rings (SSSR count). The van der Waals surface area contributed by atoms with Crippen LogP contribution in [0.15, 0.2) is 22.7 Å². The Labute approximate surface area is 87.2 Å². The highest BCUT2D eigenvalue weighted by Gasteiger charge is 2.26. The van der Waals surface area contributed by atoms with E-state index in [0.29, 0.717) is 0 Å². The number of benzene rings is 1. The summed E-state index contributed by atoms with van der Waals surface area (Å²) in [5, 5.41) is 0. The number of hydrogen-bond acceptors (Lipinski definition) is 1. The van der Waals surface area contributed by atoms with Crippen molar-refractivity contribution in [1.29, 1.82) is 0 Å². The molecule has 1 nitrogen and oxygen atoms in total. The van der Waals surface area contributed by atoms with E-state index in [-0.39, 0.29) is 5.60 Å². The molecule has 0 saturated carbocycles. The summed E-state index contributed by atoms with van der Waals surface area (Å²) in [6.45, 7) is 4.21. The van der Waals surface area contributed by atoms with Crippen LogP contribution in [0.3, 0.4) is 0 Å². The van der Waals surface area contributed by atoms with Gasteiger partial charge < -0.3 is 4.74 Å². The van der Waals surface area contributed by atoms with Crippen molar-refractivity contribution in [2.45, 2.75) is 25.9 Å². The van der Waals surface area contributed by atoms with Gasteiger partial charge in [-0.05, 0) is 50.5 Å². The maximum Gasteiger partial charge on any atom is 0.123 e. The van der Waals surface area contributed by atoms with Crippen LogP contribution in [0.4, 0.5) is 0 Å². The van der Waals surface area contributed by atoms with Gasteiger partial charge >= 0.3 is 0 Å². The third-order valence-corrected chi connectivity index (χ3v) is 2.66. The molecule has 1 heterocycles. The molecule has 1 aliphatic heterocycles. The van der Waals surface area contributed by atoms with Crippen LogP contribution in [-0.4, -0.2) is 5.60 Å². The molecule has 13 heavy (non-hydrogen) atoms. The minimum atomic E-state index is -0.0547. The molecule has 0 N–H and O–H groups in total. The van der Waals surface area contributed by atoms with Crippen LogP contribution in [0.5, 0.6) is 5.75 Å². The van der Waals surface area contributed by atoms with Crippen molar-refractivity contribution < 1.29 is 4.74 Å². The van der Waals surface area contributed by atoms with Gasteiger partial charge in [-0.25, -0.2) is 0 Å². The van der Waals surface area contributed by atoms with Crippen molar-refractivity contribution >= 4 is 15.9 Å². The molecule has 0 saturated heterocycles. The minimum Gasteiger partial charge on any atom is -0.488 e. The van der Waals surface area contributed by atoms with E-state index in [9.17, 15) is 0 Å². The van der Waals surface area contributed by atoms with Crippen LogP contribution < -0.4 is 4.74 Å². The first-order valence-electron chi connectivity index (χ1n) is 4.39. The van der Waals surface area contributed by atoms with E-state index < -0.39 is 0 Å². The average molecular weight is 240 g/mol. The van der Waals surface area contributed by atoms with Gasteiger partial charge in [0.25, 0.3) is 0 Å². The molecule has 0 bridgehead atoms. The first kappa shape index (κ1) is 9.07. The van der Waals surface area contributed by atoms with Crippen LogP contribution in [0, 0.1) is 6.42 Å². The van der Waals surface area contributed by atoms with Gasteiger partial charge in [-0.3, -0.25) is 0 Å². The normalized spacial score (nSPS) is 19.0. The van der Waals surface area contributed by atoms with E-state index in [4.69, 9.17) is 4.74 Å². The van der Waals surface area contributed by atoms with Gasteiger partial charge in [-0.15, -0.1) is 0 Å². The van der Waals surface area contributed by atoms with Gasteiger partial charge in [0, 0.05) is 4.47 Å². The third kappa shape index (κ3) is 1.88. The Morgan fingerprint density at radius 2 is 2.15 bits per heavy atom. The lowest BCUT2D eigenvalue weighted by atomic mass is 9.94. The predicted octanol–water partition coefficient (Wildman–Crippen LogP) is 3.56. The number of hydrogen-bond donors (Lipinski definition) is 0. The topological polar surface area (TPSA) is 9.23 Å². The Bertz CT molecular complexity index is 331. The van der Waals surface area contributed by atoms with Crippen molar-refractivity contribution in [2.75, 3.05) is 0 Å². The highest BCUT2D eigenvalue weighted by atomic mass is 79.9. The molecule has 0 spiro atoms. The molecule has 1 aromatic rings. The summed E-state index contributed by atoms with van der Waals surface area (Å²) in [5.41, 5.74) is 1.13. The Morgan fingerprint density at radius 1 is 1.38 bits per heavy atom. The van der Waals surface area contributed by atoms with E-state index >= 15 is 0 Å². The average Bonchev–Trinajstić information content (AvgIpc) is 2.05. The molecule has 0 aliphatic carbocycles. The number of ether oxygens (including phenoxy) is 1. The summed E-state index contributed by atoms with van der Waals surface area (Å²) >= 11 is 3.44. The quantitative estimate of drug-likeness (QED) is 0.673. The molecule has 1 radical (unpaired) electrons. The van der Waals surface area contributed by atoms with Gasteiger partial charge in [0.05, 0.1) is 0 Å². The second kappa shape index (κ2) is 3.02. The smallest absolute Gasteiger partial charge is 0.123 e. The number of fused-ring (bicyclic) bond motifs is 1. The predicted molar refractivity (Wildman–Crippen MR) is 56.9 cm³/mol. The van der Waals surface area contributed by atoms with Crippen molar-refractivity contribution in [3.05, 3.63) is 34.7 Å². The van der Waals surface area contributed by atoms with Crippen LogP contribution >= 0.6 is 15.9 Å². The second-order valence-electron chi connectivity index (χ2n) is 3.95. The first-order chi connectivity index (χ1) is 6.07. The van der Waals surface area contributed by atoms with Gasteiger partial charge in [0.15, 0.2) is 0 Å². The van der Waals surface area contributed by atoms with Crippen LogP contribution in [0.25, 0.3) is 0 Å². The molecule has 0 aromatic heterocycles. The summed E-state index contributed by atoms with van der Waals surface area (Å²) in [6.07, 6.45) is 3.19. The Balaban J connectivity index is 2.37. The second-order valence-corrected chi connectivity index (χ2v) is 4.87. The zero-order valence-corrected chi connectivity index (χ0v) is 9.39. The fourth-order valence-electron chi connectivity index (χ4n) is 1.47. The lowest BCUT2D eigenvalue weighted by molar-refractivity contribution is 0.0987. The molecule has 0 atom stereocenters. The number of rotatable bonds is 0. The van der Waals surface area contributed by atoms with E-state index in [2.05, 4.69) is 42.3 Å². The third-order valence-electron chi connectivity index (χ3n) is 2.17. The van der Waals surface area contributed by atoms with Gasteiger partial charge in [-0.2, -0.15) is 0 Å². The zero-order chi connectivity index (χ0) is 9.47. The molecule has 0 unspecified atom stereocenters. The Morgan fingerprint density at radius 3 is 2.92 bits per heavy atom. The van der Waals surface area contributed by atoms with Crippen molar-refractivity contribution in [3.63, 3.8) is 0 Å². The van der Waals surface area contributed by atoms with E-state index in [1.54, 1.807) is 0 Å². The molecule has 0 fully saturated rings. The van der Waals surface area contributed by atoms with Crippen molar-refractivity contribution in [2.24, 2.45) is 0 Å². The molecular formula is C11H12BrO. The lowest BCUT2D eigenvalue weighted by Crippen LogP contribution is -2.31. The van der Waals surface area contributed by atoms with E-state index in [1.807, 2.05) is 12.1 Å². The highest BCUT2D eigenvalue weighted by Crippen LogP contribution is 2.35. The Hall–Kier alpha value is -0.500. The first-order valence-corrected chi connectivity index (χ1v) is 5.18. The van der Waals surface area contributed by atoms with Crippen molar-refractivity contribution in [3.8, 4) is 5.75 Å². The summed E-state index contributed by atoms with van der Waals surface area (Å²) in [7, 11) is 0. The molecule has 1 aliphatic rings. The highest BCUT2D eigenvalue weighted by molar-refractivity contribution is 9.10. The van der Waals surface area contributed by atoms with Gasteiger partial charge in [-0.1, -0.05) is 15.9 Å². The van der Waals surface area contributed by atoms with E-state index in [0.717, 1.165) is 16.6 Å². The Kier molecular flexibility index (Phi) is 2.11. The fraction of sp³-hybridized carbons (Fsp3) is 0.364. The SMILES string of the molecule is CC1(C)C[CH]c2cc(Br)ccc2O1. The van der Waals surface area contributed by atoms with Gasteiger partial charge in [0.2, 0.25) is 0 Å². The molecule has 1 aromatic carbocycles. The molecule has 2 heteroatoms. The maximum atomic E-state index is 5.82. The summed E-state index contributed by atoms with van der Waals surface area (Å²) < 4.78 is 6.92. The summed E-state index contributed by atoms with van der Waals surface area (Å²) in [4.78, 5) is 0. The van der Waals surface area contributed by atoms with Crippen molar-refractivity contribution in [1.82, 2.24) is 0 Å². The van der Waals surface area contributed by atoms with Crippen LogP contribution in [0.1, 0.15) is 25.8 Å². The number of halogens is 1. The minimum absolute atomic E-state index is 0.0547. The van der Waals surface area contributed by atoms with Gasteiger partial charge in [0.1, 0.15) is 11.4 Å². The summed E-state index contributed by atoms with van der Waals surface area (Å²) in [5.74, 6) is 0.986. The lowest BCUT2D eigenvalue weighted by Gasteiger charge is -2.32. The van der Waals surface area contributed by atoms with E-state index in [1.165, 1.54) is 5.56 Å². The zero-order valence-electron chi connectivity index (χ0n) is 7.80. The fourth-order valence-corrected chi connectivity index (χ4v) is 1.85. The standard InChI is InChI=1S/C11H12BrO/c1-11(2)6-5-8-7-9(12)3-4-10(8)13-11/h3-5,7H,6H2,1-2H3.